The molecule has 2 fully saturated rings. The Kier molecular flexibility index (Phi) is 4.12. The van der Waals surface area contributed by atoms with Crippen molar-refractivity contribution in [1.29, 1.82) is 0 Å². The highest BCUT2D eigenvalue weighted by Gasteiger charge is 2.55. The summed E-state index contributed by atoms with van der Waals surface area (Å²) in [6, 6.07) is 9.38. The van der Waals surface area contributed by atoms with Gasteiger partial charge >= 0.3 is 5.97 Å². The number of carbonyl (C=O) groups excluding carboxylic acids is 2. The second-order valence-electron chi connectivity index (χ2n) is 5.26. The number of hydrazone groups is 1. The highest BCUT2D eigenvalue weighted by molar-refractivity contribution is 6.16. The van der Waals surface area contributed by atoms with Crippen LogP contribution >= 0.6 is 0 Å². The Hall–Kier alpha value is -2.67. The second kappa shape index (κ2) is 6.21. The number of nitrogens with zero attached hydrogens (tertiary/aromatic N) is 1. The minimum Gasteiger partial charge on any atom is -0.463 e. The monoisotopic (exact) mass is 315 g/mol. The zero-order valence-electron chi connectivity index (χ0n) is 12.7. The van der Waals surface area contributed by atoms with Crippen LogP contribution in [0.5, 0.6) is 0 Å². The molecule has 1 spiro atoms. The van der Waals surface area contributed by atoms with Gasteiger partial charge in [0.1, 0.15) is 11.3 Å². The smallest absolute Gasteiger partial charge is 0.332 e. The minimum atomic E-state index is -0.748. The Balaban J connectivity index is 1.88. The van der Waals surface area contributed by atoms with E-state index in [-0.39, 0.29) is 18.9 Å². The van der Waals surface area contributed by atoms with Crippen LogP contribution in [0.4, 0.5) is 5.69 Å². The molecule has 0 saturated carbocycles. The van der Waals surface area contributed by atoms with Gasteiger partial charge in [0.25, 0.3) is 0 Å². The molecule has 0 aliphatic carbocycles. The van der Waals surface area contributed by atoms with E-state index in [0.717, 1.165) is 5.69 Å². The maximum atomic E-state index is 11.8. The number of epoxide rings is 1. The van der Waals surface area contributed by atoms with Crippen LogP contribution in [-0.2, 0) is 19.1 Å². The summed E-state index contributed by atoms with van der Waals surface area (Å²) in [5, 5.41) is 7.01. The number of carbonyl (C=O) groups is 2. The lowest BCUT2D eigenvalue weighted by Crippen LogP contribution is -2.45. The SMILES string of the molecule is CCOC(=O)/C=C1\NC(=O)CC2(CO2)\C1=N\Nc1ccccc1. The Morgan fingerprint density at radius 1 is 1.48 bits per heavy atom. The first-order chi connectivity index (χ1) is 11.1. The average Bonchev–Trinajstić information content (AvgIpc) is 3.27. The number of para-hydroxylation sites is 1. The predicted octanol–water partition coefficient (Wildman–Crippen LogP) is 1.19. The molecule has 2 aliphatic rings. The molecule has 0 radical (unpaired) electrons. The van der Waals surface area contributed by atoms with Crippen LogP contribution in [0.25, 0.3) is 0 Å². The lowest BCUT2D eigenvalue weighted by Gasteiger charge is -2.23. The number of ether oxygens (including phenoxy) is 2. The molecule has 1 amide bonds. The Morgan fingerprint density at radius 3 is 2.87 bits per heavy atom. The molecule has 23 heavy (non-hydrogen) atoms. The number of rotatable bonds is 4. The van der Waals surface area contributed by atoms with E-state index in [1.807, 2.05) is 30.3 Å². The number of amides is 1. The van der Waals surface area contributed by atoms with Crippen LogP contribution < -0.4 is 10.7 Å². The number of hydrogen-bond acceptors (Lipinski definition) is 6. The largest absolute Gasteiger partial charge is 0.463 e. The molecule has 120 valence electrons. The number of benzene rings is 1. The quantitative estimate of drug-likeness (QED) is 0.377. The average molecular weight is 315 g/mol. The van der Waals surface area contributed by atoms with Crippen molar-refractivity contribution in [2.75, 3.05) is 18.6 Å². The van der Waals surface area contributed by atoms with Crippen molar-refractivity contribution in [2.45, 2.75) is 18.9 Å². The van der Waals surface area contributed by atoms with Crippen LogP contribution in [0.2, 0.25) is 0 Å². The normalized spacial score (nSPS) is 26.2. The van der Waals surface area contributed by atoms with Crippen molar-refractivity contribution >= 4 is 23.3 Å². The molecule has 0 bridgehead atoms. The molecular formula is C16H17N3O4. The van der Waals surface area contributed by atoms with Crippen molar-refractivity contribution in [3.8, 4) is 0 Å². The number of anilines is 1. The fraction of sp³-hybridized carbons (Fsp3) is 0.312. The van der Waals surface area contributed by atoms with Crippen molar-refractivity contribution in [3.63, 3.8) is 0 Å². The van der Waals surface area contributed by atoms with Gasteiger partial charge in [-0.1, -0.05) is 18.2 Å². The Morgan fingerprint density at radius 2 is 2.22 bits per heavy atom. The summed E-state index contributed by atoms with van der Waals surface area (Å²) < 4.78 is 10.4. The van der Waals surface area contributed by atoms with Crippen LogP contribution in [0, 0.1) is 0 Å². The standard InChI is InChI=1S/C16H17N3O4/c1-2-22-14(21)8-12-15(16(10-23-16)9-13(20)17-12)19-18-11-6-4-3-5-7-11/h3-8,18H,2,9-10H2,1H3,(H,17,20)/b12-8-,19-15+. The summed E-state index contributed by atoms with van der Waals surface area (Å²) in [5.41, 5.74) is 3.77. The summed E-state index contributed by atoms with van der Waals surface area (Å²) in [7, 11) is 0. The Labute approximate surface area is 133 Å². The molecule has 7 nitrogen and oxygen atoms in total. The minimum absolute atomic E-state index is 0.183. The molecule has 1 aromatic carbocycles. The number of hydrogen-bond donors (Lipinski definition) is 2. The van der Waals surface area contributed by atoms with Crippen molar-refractivity contribution in [2.24, 2.45) is 5.10 Å². The van der Waals surface area contributed by atoms with Crippen LogP contribution in [0.15, 0.2) is 47.2 Å². The zero-order chi connectivity index (χ0) is 16.3. The molecule has 2 N–H and O–H groups in total. The molecule has 7 heteroatoms. The maximum Gasteiger partial charge on any atom is 0.332 e. The fourth-order valence-corrected chi connectivity index (χ4v) is 2.37. The molecule has 2 heterocycles. The zero-order valence-corrected chi connectivity index (χ0v) is 12.7. The van der Waals surface area contributed by atoms with E-state index in [1.165, 1.54) is 6.08 Å². The van der Waals surface area contributed by atoms with Gasteiger partial charge in [0.2, 0.25) is 5.91 Å². The summed E-state index contributed by atoms with van der Waals surface area (Å²) >= 11 is 0. The van der Waals surface area contributed by atoms with E-state index < -0.39 is 11.6 Å². The van der Waals surface area contributed by atoms with Gasteiger partial charge in [0, 0.05) is 6.08 Å². The summed E-state index contributed by atoms with van der Waals surface area (Å²) in [6.07, 6.45) is 1.41. The molecule has 3 rings (SSSR count). The predicted molar refractivity (Wildman–Crippen MR) is 83.7 cm³/mol. The molecule has 2 saturated heterocycles. The molecule has 1 atom stereocenters. The van der Waals surface area contributed by atoms with Gasteiger partial charge in [-0.05, 0) is 19.1 Å². The molecular weight excluding hydrogens is 298 g/mol. The molecule has 2 aliphatic heterocycles. The maximum absolute atomic E-state index is 11.8. The number of nitrogens with one attached hydrogen (secondary N) is 2. The summed E-state index contributed by atoms with van der Waals surface area (Å²) in [4.78, 5) is 23.5. The number of esters is 1. The fourth-order valence-electron chi connectivity index (χ4n) is 2.37. The van der Waals surface area contributed by atoms with Gasteiger partial charge in [-0.3, -0.25) is 10.2 Å². The first kappa shape index (κ1) is 15.2. The van der Waals surface area contributed by atoms with Gasteiger partial charge in [0.15, 0.2) is 0 Å². The first-order valence-electron chi connectivity index (χ1n) is 7.35. The molecule has 0 aromatic heterocycles. The van der Waals surface area contributed by atoms with E-state index in [9.17, 15) is 9.59 Å². The van der Waals surface area contributed by atoms with Crippen molar-refractivity contribution in [1.82, 2.24) is 5.32 Å². The van der Waals surface area contributed by atoms with E-state index in [4.69, 9.17) is 9.47 Å². The van der Waals surface area contributed by atoms with Crippen molar-refractivity contribution in [3.05, 3.63) is 42.1 Å². The third kappa shape index (κ3) is 3.40. The van der Waals surface area contributed by atoms with Gasteiger partial charge in [-0.15, -0.1) is 0 Å². The first-order valence-corrected chi connectivity index (χ1v) is 7.35. The van der Waals surface area contributed by atoms with Crippen molar-refractivity contribution < 1.29 is 19.1 Å². The van der Waals surface area contributed by atoms with Gasteiger partial charge < -0.3 is 14.8 Å². The van der Waals surface area contributed by atoms with Crippen LogP contribution in [0.1, 0.15) is 13.3 Å². The molecule has 1 unspecified atom stereocenters. The third-order valence-electron chi connectivity index (χ3n) is 3.52. The third-order valence-corrected chi connectivity index (χ3v) is 3.52. The second-order valence-corrected chi connectivity index (χ2v) is 5.26. The molecule has 1 aromatic rings. The van der Waals surface area contributed by atoms with E-state index >= 15 is 0 Å². The van der Waals surface area contributed by atoms with Gasteiger partial charge in [-0.2, -0.15) is 5.10 Å². The lowest BCUT2D eigenvalue weighted by atomic mass is 9.93. The van der Waals surface area contributed by atoms with Crippen LogP contribution in [0.3, 0.4) is 0 Å². The van der Waals surface area contributed by atoms with E-state index in [1.54, 1.807) is 6.92 Å². The van der Waals surface area contributed by atoms with E-state index in [0.29, 0.717) is 18.0 Å². The van der Waals surface area contributed by atoms with Gasteiger partial charge in [0.05, 0.1) is 31.0 Å². The topological polar surface area (TPSA) is 92.3 Å². The van der Waals surface area contributed by atoms with E-state index in [2.05, 4.69) is 15.8 Å². The van der Waals surface area contributed by atoms with Crippen LogP contribution in [-0.4, -0.2) is 36.4 Å². The number of piperidine rings is 1. The summed E-state index contributed by atoms with van der Waals surface area (Å²) in [5.74, 6) is -0.746. The summed E-state index contributed by atoms with van der Waals surface area (Å²) in [6.45, 7) is 2.37. The highest BCUT2D eigenvalue weighted by Crippen LogP contribution is 2.37. The van der Waals surface area contributed by atoms with Gasteiger partial charge in [-0.25, -0.2) is 4.79 Å². The highest BCUT2D eigenvalue weighted by atomic mass is 16.6. The Bertz CT molecular complexity index is 678. The lowest BCUT2D eigenvalue weighted by molar-refractivity contribution is -0.137.